The molecule has 2 saturated heterocycles. The van der Waals surface area contributed by atoms with Crippen LogP contribution in [0.5, 0.6) is 0 Å². The summed E-state index contributed by atoms with van der Waals surface area (Å²) in [6.45, 7) is 8.04. The number of hydrogen-bond donors (Lipinski definition) is 1. The standard InChI is InChI=1S/C26H30N4O2S/c1-17-7-5-9-23(18(17)2)30-25(32)21-11-10-19(15-22(21)27-26(30)33)24(31)29-14-6-8-20(29)16-28-12-3-4-13-28/h5,7,9-11,15,20H,3-4,6,8,12-14,16H2,1-2H3,(H,27,33). The third-order valence-corrected chi connectivity index (χ3v) is 7.55. The Labute approximate surface area is 198 Å². The maximum atomic E-state index is 13.4. The van der Waals surface area contributed by atoms with Crippen molar-refractivity contribution < 1.29 is 4.79 Å². The van der Waals surface area contributed by atoms with E-state index in [9.17, 15) is 9.59 Å². The second-order valence-electron chi connectivity index (χ2n) is 9.35. The van der Waals surface area contributed by atoms with Crippen LogP contribution >= 0.6 is 12.2 Å². The summed E-state index contributed by atoms with van der Waals surface area (Å²) in [7, 11) is 0. The molecule has 1 atom stereocenters. The fourth-order valence-electron chi connectivity index (χ4n) is 5.27. The summed E-state index contributed by atoms with van der Waals surface area (Å²) in [5.41, 5.74) is 3.94. The Morgan fingerprint density at radius 1 is 1.09 bits per heavy atom. The summed E-state index contributed by atoms with van der Waals surface area (Å²) >= 11 is 5.57. The number of rotatable bonds is 4. The van der Waals surface area contributed by atoms with Crippen molar-refractivity contribution >= 4 is 29.0 Å². The Bertz CT molecular complexity index is 1340. The second kappa shape index (κ2) is 8.88. The second-order valence-corrected chi connectivity index (χ2v) is 9.74. The van der Waals surface area contributed by atoms with Crippen LogP contribution in [-0.4, -0.2) is 57.5 Å². The van der Waals surface area contributed by atoms with Crippen molar-refractivity contribution in [2.45, 2.75) is 45.6 Å². The molecule has 2 aliphatic heterocycles. The molecule has 1 amide bonds. The lowest BCUT2D eigenvalue weighted by molar-refractivity contribution is 0.0709. The van der Waals surface area contributed by atoms with Crippen molar-refractivity contribution in [3.8, 4) is 5.69 Å². The maximum absolute atomic E-state index is 13.4. The van der Waals surface area contributed by atoms with Crippen molar-refractivity contribution in [3.05, 3.63) is 68.2 Å². The van der Waals surface area contributed by atoms with E-state index >= 15 is 0 Å². The van der Waals surface area contributed by atoms with Gasteiger partial charge in [0.2, 0.25) is 0 Å². The van der Waals surface area contributed by atoms with Crippen LogP contribution in [0.2, 0.25) is 0 Å². The van der Waals surface area contributed by atoms with Gasteiger partial charge in [-0.1, -0.05) is 12.1 Å². The van der Waals surface area contributed by atoms with Gasteiger partial charge in [0.05, 0.1) is 16.6 Å². The van der Waals surface area contributed by atoms with Gasteiger partial charge in [0.25, 0.3) is 11.5 Å². The summed E-state index contributed by atoms with van der Waals surface area (Å²) in [6, 6.07) is 11.4. The molecule has 2 aromatic carbocycles. The third kappa shape index (κ3) is 4.04. The number of likely N-dealkylation sites (tertiary alicyclic amines) is 2. The molecular formula is C26H30N4O2S. The van der Waals surface area contributed by atoms with Gasteiger partial charge in [-0.2, -0.15) is 0 Å². The lowest BCUT2D eigenvalue weighted by Crippen LogP contribution is -2.42. The quantitative estimate of drug-likeness (QED) is 0.585. The number of carbonyl (C=O) groups excluding carboxylic acids is 1. The molecule has 2 aliphatic rings. The minimum atomic E-state index is -0.172. The summed E-state index contributed by atoms with van der Waals surface area (Å²) in [5.74, 6) is 0.0385. The first kappa shape index (κ1) is 22.0. The largest absolute Gasteiger partial charge is 0.334 e. The topological polar surface area (TPSA) is 61.3 Å². The van der Waals surface area contributed by atoms with Crippen LogP contribution in [0.25, 0.3) is 16.6 Å². The molecule has 1 aromatic heterocycles. The van der Waals surface area contributed by atoms with Crippen LogP contribution < -0.4 is 5.56 Å². The Hall–Kier alpha value is -2.77. The average molecular weight is 463 g/mol. The molecule has 172 valence electrons. The van der Waals surface area contributed by atoms with Gasteiger partial charge in [0, 0.05) is 24.7 Å². The number of carbonyl (C=O) groups is 1. The molecule has 7 heteroatoms. The molecule has 2 fully saturated rings. The van der Waals surface area contributed by atoms with E-state index in [1.54, 1.807) is 22.8 Å². The number of hydrogen-bond acceptors (Lipinski definition) is 4. The first-order valence-corrected chi connectivity index (χ1v) is 12.2. The van der Waals surface area contributed by atoms with Gasteiger partial charge in [0.15, 0.2) is 4.77 Å². The zero-order chi connectivity index (χ0) is 23.1. The molecule has 3 aromatic rings. The highest BCUT2D eigenvalue weighted by Crippen LogP contribution is 2.24. The smallest absolute Gasteiger partial charge is 0.266 e. The van der Waals surface area contributed by atoms with E-state index in [1.165, 1.54) is 12.8 Å². The highest BCUT2D eigenvalue weighted by atomic mass is 32.1. The number of fused-ring (bicyclic) bond motifs is 1. The summed E-state index contributed by atoms with van der Waals surface area (Å²) < 4.78 is 1.88. The number of amides is 1. The molecule has 5 rings (SSSR count). The van der Waals surface area contributed by atoms with Crippen molar-refractivity contribution in [2.24, 2.45) is 0 Å². The molecule has 0 radical (unpaired) electrons. The minimum Gasteiger partial charge on any atom is -0.334 e. The van der Waals surface area contributed by atoms with E-state index in [1.807, 2.05) is 36.9 Å². The van der Waals surface area contributed by atoms with Crippen molar-refractivity contribution in [1.82, 2.24) is 19.4 Å². The average Bonchev–Trinajstić information content (AvgIpc) is 3.48. The van der Waals surface area contributed by atoms with Gasteiger partial charge in [0.1, 0.15) is 0 Å². The first-order chi connectivity index (χ1) is 15.9. The van der Waals surface area contributed by atoms with Gasteiger partial charge in [-0.3, -0.25) is 14.2 Å². The molecule has 6 nitrogen and oxygen atoms in total. The lowest BCUT2D eigenvalue weighted by Gasteiger charge is -2.28. The molecule has 1 N–H and O–H groups in total. The fraction of sp³-hybridized carbons (Fsp3) is 0.423. The Kier molecular flexibility index (Phi) is 5.93. The van der Waals surface area contributed by atoms with E-state index < -0.39 is 0 Å². The molecule has 0 saturated carbocycles. The van der Waals surface area contributed by atoms with E-state index in [4.69, 9.17) is 12.2 Å². The van der Waals surface area contributed by atoms with Crippen molar-refractivity contribution in [1.29, 1.82) is 0 Å². The SMILES string of the molecule is Cc1cccc(-n2c(=S)[nH]c3cc(C(=O)N4CCCC4CN4CCCC4)ccc3c2=O)c1C. The number of aromatic amines is 1. The third-order valence-electron chi connectivity index (χ3n) is 7.27. The van der Waals surface area contributed by atoms with E-state index in [0.29, 0.717) is 21.2 Å². The molecule has 3 heterocycles. The summed E-state index contributed by atoms with van der Waals surface area (Å²) in [6.07, 6.45) is 4.61. The number of nitrogens with one attached hydrogen (secondary N) is 1. The minimum absolute atomic E-state index is 0.0385. The molecular weight excluding hydrogens is 432 g/mol. The monoisotopic (exact) mass is 462 g/mol. The highest BCUT2D eigenvalue weighted by Gasteiger charge is 2.31. The van der Waals surface area contributed by atoms with Crippen LogP contribution in [0.15, 0.2) is 41.2 Å². The number of aryl methyl sites for hydroxylation is 1. The van der Waals surface area contributed by atoms with Crippen LogP contribution in [0.3, 0.4) is 0 Å². The maximum Gasteiger partial charge on any atom is 0.266 e. The van der Waals surface area contributed by atoms with Gasteiger partial charge < -0.3 is 14.8 Å². The van der Waals surface area contributed by atoms with Crippen LogP contribution in [-0.2, 0) is 0 Å². The van der Waals surface area contributed by atoms with Crippen molar-refractivity contribution in [3.63, 3.8) is 0 Å². The normalized spacial score (nSPS) is 19.0. The Morgan fingerprint density at radius 3 is 2.67 bits per heavy atom. The molecule has 0 spiro atoms. The van der Waals surface area contributed by atoms with Gasteiger partial charge in [-0.15, -0.1) is 0 Å². The van der Waals surface area contributed by atoms with Crippen LogP contribution in [0.4, 0.5) is 0 Å². The van der Waals surface area contributed by atoms with E-state index in [-0.39, 0.29) is 17.5 Å². The molecule has 0 aliphatic carbocycles. The van der Waals surface area contributed by atoms with Gasteiger partial charge >= 0.3 is 0 Å². The lowest BCUT2D eigenvalue weighted by atomic mass is 10.1. The number of aromatic nitrogens is 2. The van der Waals surface area contributed by atoms with Crippen LogP contribution in [0.1, 0.15) is 47.2 Å². The highest BCUT2D eigenvalue weighted by molar-refractivity contribution is 7.71. The van der Waals surface area contributed by atoms with E-state index in [0.717, 1.165) is 55.8 Å². The van der Waals surface area contributed by atoms with Gasteiger partial charge in [-0.05, 0) is 100 Å². The number of benzene rings is 2. The predicted octanol–water partition coefficient (Wildman–Crippen LogP) is 4.37. The van der Waals surface area contributed by atoms with E-state index in [2.05, 4.69) is 9.88 Å². The van der Waals surface area contributed by atoms with Crippen molar-refractivity contribution in [2.75, 3.05) is 26.2 Å². The fourth-order valence-corrected chi connectivity index (χ4v) is 5.56. The zero-order valence-electron chi connectivity index (χ0n) is 19.3. The molecule has 0 bridgehead atoms. The summed E-state index contributed by atoms with van der Waals surface area (Å²) in [4.78, 5) is 34.5. The Morgan fingerprint density at radius 2 is 1.88 bits per heavy atom. The number of nitrogens with zero attached hydrogens (tertiary/aromatic N) is 3. The van der Waals surface area contributed by atoms with Crippen LogP contribution in [0, 0.1) is 18.6 Å². The Balaban J connectivity index is 1.49. The summed E-state index contributed by atoms with van der Waals surface area (Å²) in [5, 5.41) is 0.524. The zero-order valence-corrected chi connectivity index (χ0v) is 20.1. The number of H-pyrrole nitrogens is 1. The molecule has 33 heavy (non-hydrogen) atoms. The molecule has 1 unspecified atom stereocenters. The first-order valence-electron chi connectivity index (χ1n) is 11.8. The predicted molar refractivity (Wildman–Crippen MR) is 134 cm³/mol. The van der Waals surface area contributed by atoms with Gasteiger partial charge in [-0.25, -0.2) is 0 Å².